The van der Waals surface area contributed by atoms with Crippen LogP contribution in [0.1, 0.15) is 66.8 Å². The number of carbonyl (C=O) groups excluding carboxylic acids is 3. The third-order valence-corrected chi connectivity index (χ3v) is 5.31. The monoisotopic (exact) mass is 366 g/mol. The number of thiophene rings is 1. The average Bonchev–Trinajstić information content (AvgIpc) is 2.93. The molecule has 25 heavy (non-hydrogen) atoms. The topological polar surface area (TPSA) is 84.5 Å². The fourth-order valence-electron chi connectivity index (χ4n) is 2.89. The van der Waals surface area contributed by atoms with E-state index < -0.39 is 5.97 Å². The minimum absolute atomic E-state index is 0.221. The number of ether oxygens (including phenoxy) is 1. The summed E-state index contributed by atoms with van der Waals surface area (Å²) in [4.78, 5) is 36.8. The Morgan fingerprint density at radius 2 is 1.92 bits per heavy atom. The number of esters is 1. The molecule has 1 aromatic heterocycles. The molecule has 0 atom stereocenters. The third kappa shape index (κ3) is 5.56. The quantitative estimate of drug-likeness (QED) is 0.547. The fraction of sp³-hybridized carbons (Fsp3) is 0.611. The van der Waals surface area contributed by atoms with E-state index in [2.05, 4.69) is 17.6 Å². The predicted molar refractivity (Wildman–Crippen MR) is 98.1 cm³/mol. The van der Waals surface area contributed by atoms with Crippen molar-refractivity contribution >= 4 is 34.1 Å². The van der Waals surface area contributed by atoms with E-state index >= 15 is 0 Å². The first-order valence-electron chi connectivity index (χ1n) is 8.88. The Labute approximate surface area is 152 Å². The second-order valence-corrected chi connectivity index (χ2v) is 7.33. The molecular weight excluding hydrogens is 340 g/mol. The maximum atomic E-state index is 12.5. The van der Waals surface area contributed by atoms with Crippen LogP contribution in [0.2, 0.25) is 0 Å². The first-order chi connectivity index (χ1) is 12.0. The maximum Gasteiger partial charge on any atom is 0.341 e. The van der Waals surface area contributed by atoms with Crippen molar-refractivity contribution in [1.82, 2.24) is 5.32 Å². The number of rotatable bonds is 8. The molecule has 138 valence electrons. The Hall–Kier alpha value is -1.89. The summed E-state index contributed by atoms with van der Waals surface area (Å²) in [6.45, 7) is 3.81. The van der Waals surface area contributed by atoms with Crippen LogP contribution in [0.4, 0.5) is 5.00 Å². The minimum atomic E-state index is -0.535. The molecule has 0 radical (unpaired) electrons. The van der Waals surface area contributed by atoms with E-state index in [1.54, 1.807) is 0 Å². The Kier molecular flexibility index (Phi) is 7.43. The molecule has 0 bridgehead atoms. The van der Waals surface area contributed by atoms with Gasteiger partial charge in [0.2, 0.25) is 5.91 Å². The smallest absolute Gasteiger partial charge is 0.341 e. The lowest BCUT2D eigenvalue weighted by molar-refractivity contribution is -0.124. The van der Waals surface area contributed by atoms with Gasteiger partial charge in [-0.3, -0.25) is 9.59 Å². The normalized spacial score (nSPS) is 13.0. The van der Waals surface area contributed by atoms with Gasteiger partial charge in [0.25, 0.3) is 5.91 Å². The largest absolute Gasteiger partial charge is 0.452 e. The fourth-order valence-corrected chi connectivity index (χ4v) is 4.21. The van der Waals surface area contributed by atoms with Gasteiger partial charge in [0.05, 0.1) is 5.56 Å². The second kappa shape index (κ2) is 9.56. The van der Waals surface area contributed by atoms with Crippen molar-refractivity contribution in [3.8, 4) is 0 Å². The van der Waals surface area contributed by atoms with Crippen molar-refractivity contribution in [2.75, 3.05) is 18.5 Å². The highest BCUT2D eigenvalue weighted by Crippen LogP contribution is 2.38. The second-order valence-electron chi connectivity index (χ2n) is 6.23. The number of unbranched alkanes of at least 4 members (excludes halogenated alkanes) is 2. The van der Waals surface area contributed by atoms with Crippen molar-refractivity contribution in [1.29, 1.82) is 0 Å². The zero-order valence-electron chi connectivity index (χ0n) is 14.9. The molecular formula is C18H26N2O4S. The summed E-state index contributed by atoms with van der Waals surface area (Å²) in [5, 5.41) is 6.00. The number of fused-ring (bicyclic) bond motifs is 1. The van der Waals surface area contributed by atoms with E-state index in [1.165, 1.54) is 18.3 Å². The van der Waals surface area contributed by atoms with Crippen LogP contribution in [0.5, 0.6) is 0 Å². The molecule has 1 aromatic rings. The lowest BCUT2D eigenvalue weighted by Crippen LogP contribution is -2.29. The molecule has 1 aliphatic carbocycles. The highest BCUT2D eigenvalue weighted by Gasteiger charge is 2.27. The SMILES string of the molecule is CCCCCNC(=O)COC(=O)c1c(NC(C)=O)sc2c1CCCC2. The summed E-state index contributed by atoms with van der Waals surface area (Å²) in [6, 6.07) is 0. The molecule has 0 fully saturated rings. The maximum absolute atomic E-state index is 12.5. The predicted octanol–water partition coefficient (Wildman–Crippen LogP) is 3.05. The van der Waals surface area contributed by atoms with Crippen molar-refractivity contribution in [2.24, 2.45) is 0 Å². The van der Waals surface area contributed by atoms with Crippen LogP contribution in [-0.2, 0) is 27.2 Å². The molecule has 7 heteroatoms. The highest BCUT2D eigenvalue weighted by molar-refractivity contribution is 7.17. The van der Waals surface area contributed by atoms with Crippen LogP contribution in [0.3, 0.4) is 0 Å². The molecule has 1 heterocycles. The zero-order valence-corrected chi connectivity index (χ0v) is 15.7. The lowest BCUT2D eigenvalue weighted by atomic mass is 9.95. The first kappa shape index (κ1) is 19.4. The molecule has 6 nitrogen and oxygen atoms in total. The first-order valence-corrected chi connectivity index (χ1v) is 9.70. The van der Waals surface area contributed by atoms with Crippen LogP contribution in [0.15, 0.2) is 0 Å². The molecule has 0 aliphatic heterocycles. The van der Waals surface area contributed by atoms with Crippen LogP contribution >= 0.6 is 11.3 Å². The Balaban J connectivity index is 1.99. The van der Waals surface area contributed by atoms with Gasteiger partial charge >= 0.3 is 5.97 Å². The Bertz CT molecular complexity index is 639. The summed E-state index contributed by atoms with van der Waals surface area (Å²) < 4.78 is 5.20. The molecule has 0 unspecified atom stereocenters. The standard InChI is InChI=1S/C18H26N2O4S/c1-3-4-7-10-19-15(22)11-24-18(23)16-13-8-5-6-9-14(13)25-17(16)20-12(2)21/h3-11H2,1-2H3,(H,19,22)(H,20,21). The van der Waals surface area contributed by atoms with Gasteiger partial charge in [-0.1, -0.05) is 19.8 Å². The summed E-state index contributed by atoms with van der Waals surface area (Å²) >= 11 is 1.44. The molecule has 0 saturated carbocycles. The van der Waals surface area contributed by atoms with Gasteiger partial charge in [-0.15, -0.1) is 11.3 Å². The van der Waals surface area contributed by atoms with E-state index in [1.807, 2.05) is 0 Å². The van der Waals surface area contributed by atoms with Crippen LogP contribution in [0.25, 0.3) is 0 Å². The van der Waals surface area contributed by atoms with Gasteiger partial charge in [0.1, 0.15) is 5.00 Å². The Morgan fingerprint density at radius 1 is 1.16 bits per heavy atom. The van der Waals surface area contributed by atoms with Gasteiger partial charge in [-0.05, 0) is 37.7 Å². The van der Waals surface area contributed by atoms with E-state index in [0.717, 1.165) is 55.4 Å². The highest BCUT2D eigenvalue weighted by atomic mass is 32.1. The van der Waals surface area contributed by atoms with E-state index in [4.69, 9.17) is 4.74 Å². The van der Waals surface area contributed by atoms with Gasteiger partial charge in [0, 0.05) is 18.3 Å². The lowest BCUT2D eigenvalue weighted by Gasteiger charge is -2.12. The van der Waals surface area contributed by atoms with Gasteiger partial charge in [0.15, 0.2) is 6.61 Å². The Morgan fingerprint density at radius 3 is 2.64 bits per heavy atom. The number of hydrogen-bond donors (Lipinski definition) is 2. The molecule has 0 spiro atoms. The molecule has 1 aliphatic rings. The van der Waals surface area contributed by atoms with Gasteiger partial charge < -0.3 is 15.4 Å². The number of anilines is 1. The zero-order chi connectivity index (χ0) is 18.2. The molecule has 2 N–H and O–H groups in total. The molecule has 2 amide bonds. The van der Waals surface area contributed by atoms with Crippen LogP contribution < -0.4 is 10.6 Å². The van der Waals surface area contributed by atoms with Crippen molar-refractivity contribution in [2.45, 2.75) is 58.8 Å². The van der Waals surface area contributed by atoms with E-state index in [9.17, 15) is 14.4 Å². The van der Waals surface area contributed by atoms with Crippen LogP contribution in [0, 0.1) is 0 Å². The van der Waals surface area contributed by atoms with E-state index in [-0.39, 0.29) is 18.4 Å². The number of aryl methyl sites for hydroxylation is 1. The average molecular weight is 366 g/mol. The van der Waals surface area contributed by atoms with Crippen molar-refractivity contribution in [3.63, 3.8) is 0 Å². The van der Waals surface area contributed by atoms with Crippen molar-refractivity contribution in [3.05, 3.63) is 16.0 Å². The summed E-state index contributed by atoms with van der Waals surface area (Å²) in [5.74, 6) is -1.05. The van der Waals surface area contributed by atoms with E-state index in [0.29, 0.717) is 17.1 Å². The number of carbonyl (C=O) groups is 3. The molecule has 2 rings (SSSR count). The van der Waals surface area contributed by atoms with Gasteiger partial charge in [-0.25, -0.2) is 4.79 Å². The van der Waals surface area contributed by atoms with Crippen molar-refractivity contribution < 1.29 is 19.1 Å². The number of nitrogens with one attached hydrogen (secondary N) is 2. The number of amides is 2. The van der Waals surface area contributed by atoms with Gasteiger partial charge in [-0.2, -0.15) is 0 Å². The minimum Gasteiger partial charge on any atom is -0.452 e. The summed E-state index contributed by atoms with van der Waals surface area (Å²) in [7, 11) is 0. The third-order valence-electron chi connectivity index (χ3n) is 4.10. The number of hydrogen-bond acceptors (Lipinski definition) is 5. The summed E-state index contributed by atoms with van der Waals surface area (Å²) in [5.41, 5.74) is 1.39. The molecule has 0 aromatic carbocycles. The van der Waals surface area contributed by atoms with Crippen LogP contribution in [-0.4, -0.2) is 30.9 Å². The summed E-state index contributed by atoms with van der Waals surface area (Å²) in [6.07, 6.45) is 6.88. The molecule has 0 saturated heterocycles.